The number of rotatable bonds is 5. The van der Waals surface area contributed by atoms with Crippen LogP contribution in [0.1, 0.15) is 52.0 Å². The van der Waals surface area contributed by atoms with Gasteiger partial charge in [-0.3, -0.25) is 0 Å². The lowest BCUT2D eigenvalue weighted by atomic mass is 9.87. The number of H-pyrrole nitrogens is 1. The first-order valence-corrected chi connectivity index (χ1v) is 12.6. The average Bonchev–Trinajstić information content (AvgIpc) is 3.35. The number of hydrogen-bond acceptors (Lipinski definition) is 2. The smallest absolute Gasteiger partial charge is 0.138 e. The molecule has 33 heavy (non-hydrogen) atoms. The third-order valence-electron chi connectivity index (χ3n) is 7.30. The van der Waals surface area contributed by atoms with Gasteiger partial charge in [0.15, 0.2) is 0 Å². The van der Waals surface area contributed by atoms with Crippen LogP contribution in [0.15, 0.2) is 42.6 Å². The number of hydrogen-bond donors (Lipinski definition) is 1. The summed E-state index contributed by atoms with van der Waals surface area (Å²) in [7, 11) is 2.23. The van der Waals surface area contributed by atoms with Crippen LogP contribution in [0, 0.1) is 5.92 Å². The minimum absolute atomic E-state index is 0.113. The normalized spacial score (nSPS) is 16.3. The van der Waals surface area contributed by atoms with Crippen molar-refractivity contribution < 1.29 is 0 Å². The summed E-state index contributed by atoms with van der Waals surface area (Å²) in [5.41, 5.74) is 5.77. The Morgan fingerprint density at radius 3 is 2.64 bits per heavy atom. The maximum absolute atomic E-state index is 6.67. The first-order valence-electron chi connectivity index (χ1n) is 12.3. The van der Waals surface area contributed by atoms with E-state index in [1.165, 1.54) is 49.9 Å². The third kappa shape index (κ3) is 4.69. The lowest BCUT2D eigenvalue weighted by Crippen LogP contribution is -2.30. The Kier molecular flexibility index (Phi) is 6.00. The molecule has 174 valence electrons. The molecule has 0 aliphatic carbocycles. The largest absolute Gasteiger partial charge is 0.346 e. The van der Waals surface area contributed by atoms with E-state index < -0.39 is 0 Å². The Balaban J connectivity index is 1.35. The van der Waals surface area contributed by atoms with Crippen molar-refractivity contribution in [2.24, 2.45) is 5.92 Å². The van der Waals surface area contributed by atoms with E-state index in [1.54, 1.807) is 0 Å². The van der Waals surface area contributed by atoms with Gasteiger partial charge in [-0.15, -0.1) is 0 Å². The van der Waals surface area contributed by atoms with Crippen molar-refractivity contribution in [3.8, 4) is 11.4 Å². The maximum atomic E-state index is 6.67. The summed E-state index contributed by atoms with van der Waals surface area (Å²) >= 11 is 6.67. The van der Waals surface area contributed by atoms with E-state index in [1.807, 2.05) is 0 Å². The van der Waals surface area contributed by atoms with Gasteiger partial charge in [-0.25, -0.2) is 4.98 Å². The number of aromatic nitrogens is 3. The first kappa shape index (κ1) is 22.5. The van der Waals surface area contributed by atoms with Gasteiger partial charge >= 0.3 is 0 Å². The predicted octanol–water partition coefficient (Wildman–Crippen LogP) is 7.26. The van der Waals surface area contributed by atoms with E-state index >= 15 is 0 Å². The van der Waals surface area contributed by atoms with E-state index in [4.69, 9.17) is 16.6 Å². The number of piperidine rings is 1. The fraction of sp³-hybridized carbons (Fsp3) is 0.464. The topological polar surface area (TPSA) is 36.9 Å². The Bertz CT molecular complexity index is 1270. The number of likely N-dealkylation sites (tertiary alicyclic amines) is 1. The summed E-state index contributed by atoms with van der Waals surface area (Å²) in [6, 6.07) is 13.0. The molecule has 5 heteroatoms. The first-order chi connectivity index (χ1) is 15.8. The average molecular weight is 463 g/mol. The highest BCUT2D eigenvalue weighted by molar-refractivity contribution is 6.35. The van der Waals surface area contributed by atoms with Gasteiger partial charge < -0.3 is 14.5 Å². The number of halogens is 1. The molecule has 2 aromatic carbocycles. The van der Waals surface area contributed by atoms with Crippen molar-refractivity contribution in [3.05, 3.63) is 53.2 Å². The summed E-state index contributed by atoms with van der Waals surface area (Å²) < 4.78 is 2.32. The Morgan fingerprint density at radius 1 is 1.09 bits per heavy atom. The van der Waals surface area contributed by atoms with Crippen molar-refractivity contribution in [2.45, 2.75) is 58.4 Å². The summed E-state index contributed by atoms with van der Waals surface area (Å²) in [5.74, 6) is 1.76. The Morgan fingerprint density at radius 2 is 1.88 bits per heavy atom. The molecule has 0 radical (unpaired) electrons. The molecule has 0 bridgehead atoms. The number of imidazole rings is 1. The molecular weight excluding hydrogens is 428 g/mol. The number of aromatic amines is 1. The lowest BCUT2D eigenvalue weighted by Gasteiger charge is -2.28. The van der Waals surface area contributed by atoms with Gasteiger partial charge in [-0.1, -0.05) is 38.4 Å². The molecule has 1 aliphatic heterocycles. The molecule has 4 nitrogen and oxygen atoms in total. The molecule has 5 rings (SSSR count). The zero-order valence-electron chi connectivity index (χ0n) is 20.3. The molecule has 0 atom stereocenters. The van der Waals surface area contributed by atoms with Crippen LogP contribution in [0.4, 0.5) is 0 Å². The highest BCUT2D eigenvalue weighted by Crippen LogP contribution is 2.32. The zero-order valence-corrected chi connectivity index (χ0v) is 21.0. The number of nitrogens with zero attached hydrogens (tertiary/aromatic N) is 3. The molecule has 0 unspecified atom stereocenters. The van der Waals surface area contributed by atoms with E-state index in [0.717, 1.165) is 45.3 Å². The highest BCUT2D eigenvalue weighted by atomic mass is 35.5. The summed E-state index contributed by atoms with van der Waals surface area (Å²) in [5, 5.41) is 1.92. The van der Waals surface area contributed by atoms with Crippen LogP contribution < -0.4 is 0 Å². The molecule has 1 saturated heterocycles. The van der Waals surface area contributed by atoms with Crippen LogP contribution in [0.5, 0.6) is 0 Å². The van der Waals surface area contributed by atoms with E-state index in [0.29, 0.717) is 0 Å². The molecule has 0 spiro atoms. The van der Waals surface area contributed by atoms with Gasteiger partial charge in [0.05, 0.1) is 16.1 Å². The van der Waals surface area contributed by atoms with Crippen LogP contribution in [0.25, 0.3) is 33.3 Å². The van der Waals surface area contributed by atoms with Crippen molar-refractivity contribution in [2.75, 3.05) is 20.1 Å². The monoisotopic (exact) mass is 462 g/mol. The lowest BCUT2D eigenvalue weighted by molar-refractivity contribution is 0.209. The minimum atomic E-state index is 0.113. The molecule has 0 saturated carbocycles. The van der Waals surface area contributed by atoms with Crippen LogP contribution in [-0.4, -0.2) is 39.6 Å². The highest BCUT2D eigenvalue weighted by Gasteiger charge is 2.18. The Labute approximate surface area is 202 Å². The van der Waals surface area contributed by atoms with Gasteiger partial charge in [0.2, 0.25) is 0 Å². The standard InChI is InChI=1S/C28H35ClN4/c1-28(2,3)21-8-9-24-25(17-21)31-27(30-24)20-7-10-26-22(16-20)23(29)18-33(26)13-5-6-19-11-14-32(4)15-12-19/h7-10,16-19H,5-6,11-15H2,1-4H3,(H,30,31). The second kappa shape index (κ2) is 8.81. The Hall–Kier alpha value is -2.30. The van der Waals surface area contributed by atoms with Crippen molar-refractivity contribution in [1.29, 1.82) is 0 Å². The quantitative estimate of drug-likeness (QED) is 0.339. The molecule has 1 aliphatic rings. The van der Waals surface area contributed by atoms with E-state index in [-0.39, 0.29) is 5.41 Å². The van der Waals surface area contributed by atoms with Gasteiger partial charge in [-0.2, -0.15) is 0 Å². The van der Waals surface area contributed by atoms with Crippen LogP contribution >= 0.6 is 11.6 Å². The third-order valence-corrected chi connectivity index (χ3v) is 7.60. The van der Waals surface area contributed by atoms with Crippen LogP contribution in [0.3, 0.4) is 0 Å². The SMILES string of the molecule is CN1CCC(CCCn2cc(Cl)c3cc(-c4nc5ccc(C(C)(C)C)cc5[nH]4)ccc32)CC1. The summed E-state index contributed by atoms with van der Waals surface area (Å²) in [6.45, 7) is 10.2. The van der Waals surface area contributed by atoms with E-state index in [9.17, 15) is 0 Å². The zero-order chi connectivity index (χ0) is 23.2. The van der Waals surface area contributed by atoms with Gasteiger partial charge in [0.1, 0.15) is 5.82 Å². The van der Waals surface area contributed by atoms with Crippen LogP contribution in [-0.2, 0) is 12.0 Å². The molecular formula is C28H35ClN4. The van der Waals surface area contributed by atoms with Crippen molar-refractivity contribution in [1.82, 2.24) is 19.4 Å². The number of fused-ring (bicyclic) bond motifs is 2. The summed E-state index contributed by atoms with van der Waals surface area (Å²) in [6.07, 6.45) is 7.27. The van der Waals surface area contributed by atoms with Gasteiger partial charge in [0.25, 0.3) is 0 Å². The van der Waals surface area contributed by atoms with Gasteiger partial charge in [-0.05, 0) is 93.0 Å². The minimum Gasteiger partial charge on any atom is -0.346 e. The van der Waals surface area contributed by atoms with E-state index in [2.05, 4.69) is 84.9 Å². The predicted molar refractivity (Wildman–Crippen MR) is 140 cm³/mol. The van der Waals surface area contributed by atoms with Crippen LogP contribution in [0.2, 0.25) is 5.02 Å². The van der Waals surface area contributed by atoms with Crippen molar-refractivity contribution in [3.63, 3.8) is 0 Å². The molecule has 4 aromatic rings. The van der Waals surface area contributed by atoms with Gasteiger partial charge in [0, 0.05) is 29.2 Å². The fourth-order valence-corrected chi connectivity index (χ4v) is 5.37. The maximum Gasteiger partial charge on any atom is 0.138 e. The molecule has 1 N–H and O–H groups in total. The summed E-state index contributed by atoms with van der Waals surface area (Å²) in [4.78, 5) is 10.8. The molecule has 2 aromatic heterocycles. The number of nitrogens with one attached hydrogen (secondary N) is 1. The number of benzene rings is 2. The molecule has 1 fully saturated rings. The molecule has 0 amide bonds. The number of aryl methyl sites for hydroxylation is 1. The fourth-order valence-electron chi connectivity index (χ4n) is 5.10. The second-order valence-electron chi connectivity index (χ2n) is 10.9. The van der Waals surface area contributed by atoms with Crippen molar-refractivity contribution >= 4 is 33.5 Å². The molecule has 3 heterocycles. The second-order valence-corrected chi connectivity index (χ2v) is 11.3.